The van der Waals surface area contributed by atoms with Gasteiger partial charge in [0.05, 0.1) is 16.7 Å². The number of nitro benzene ring substituents is 1. The molecular weight excluding hydrogens is 302 g/mol. The molecule has 0 fully saturated rings. The van der Waals surface area contributed by atoms with Crippen LogP contribution in [0.25, 0.3) is 10.6 Å². The molecule has 0 saturated heterocycles. The van der Waals surface area contributed by atoms with Gasteiger partial charge in [0.2, 0.25) is 0 Å². The van der Waals surface area contributed by atoms with Crippen LogP contribution in [-0.2, 0) is 6.54 Å². The van der Waals surface area contributed by atoms with Crippen molar-refractivity contribution in [1.82, 2.24) is 10.3 Å². The van der Waals surface area contributed by atoms with Gasteiger partial charge >= 0.3 is 0 Å². The quantitative estimate of drug-likeness (QED) is 0.443. The second kappa shape index (κ2) is 7.98. The molecule has 1 heterocycles. The normalized spacial score (nSPS) is 12.3. The third kappa shape index (κ3) is 4.59. The Morgan fingerprint density at radius 2 is 2.32 bits per heavy atom. The van der Waals surface area contributed by atoms with Crippen molar-refractivity contribution in [2.75, 3.05) is 6.54 Å². The standard InChI is InChI=1S/C15H19N3O3S/c1-2-14(19)6-7-16-9-12-10-22-15(17-12)11-4-3-5-13(8-11)18(20)21/h3-5,8,10,14,16,19H,2,6-7,9H2,1H3. The molecule has 7 heteroatoms. The Balaban J connectivity index is 1.94. The summed E-state index contributed by atoms with van der Waals surface area (Å²) in [6, 6.07) is 6.49. The fourth-order valence-corrected chi connectivity index (χ4v) is 2.78. The van der Waals surface area contributed by atoms with Gasteiger partial charge in [-0.05, 0) is 19.4 Å². The number of hydrogen-bond donors (Lipinski definition) is 2. The van der Waals surface area contributed by atoms with Crippen molar-refractivity contribution in [1.29, 1.82) is 0 Å². The first-order valence-corrected chi connectivity index (χ1v) is 8.06. The van der Waals surface area contributed by atoms with Gasteiger partial charge in [0.15, 0.2) is 0 Å². The molecule has 0 spiro atoms. The van der Waals surface area contributed by atoms with E-state index in [-0.39, 0.29) is 11.8 Å². The number of rotatable bonds is 8. The maximum absolute atomic E-state index is 10.8. The van der Waals surface area contributed by atoms with Crippen molar-refractivity contribution in [3.8, 4) is 10.6 Å². The van der Waals surface area contributed by atoms with Crippen LogP contribution in [-0.4, -0.2) is 27.7 Å². The molecule has 1 unspecified atom stereocenters. The number of aliphatic hydroxyl groups is 1. The summed E-state index contributed by atoms with van der Waals surface area (Å²) in [4.78, 5) is 14.9. The summed E-state index contributed by atoms with van der Waals surface area (Å²) in [6.45, 7) is 3.32. The average molecular weight is 321 g/mol. The van der Waals surface area contributed by atoms with Crippen molar-refractivity contribution in [2.45, 2.75) is 32.4 Å². The third-order valence-electron chi connectivity index (χ3n) is 3.29. The van der Waals surface area contributed by atoms with Crippen molar-refractivity contribution in [2.24, 2.45) is 0 Å². The Kier molecular flexibility index (Phi) is 6.00. The van der Waals surface area contributed by atoms with E-state index < -0.39 is 4.92 Å². The first-order chi connectivity index (χ1) is 10.6. The summed E-state index contributed by atoms with van der Waals surface area (Å²) >= 11 is 1.47. The van der Waals surface area contributed by atoms with Gasteiger partial charge in [-0.2, -0.15) is 0 Å². The summed E-state index contributed by atoms with van der Waals surface area (Å²) < 4.78 is 0. The number of aromatic nitrogens is 1. The van der Waals surface area contributed by atoms with Gasteiger partial charge in [0.1, 0.15) is 5.01 Å². The van der Waals surface area contributed by atoms with Crippen LogP contribution in [0, 0.1) is 10.1 Å². The number of nitrogens with zero attached hydrogens (tertiary/aromatic N) is 2. The number of nitro groups is 1. The molecule has 2 rings (SSSR count). The zero-order valence-corrected chi connectivity index (χ0v) is 13.2. The molecule has 0 aliphatic heterocycles. The maximum atomic E-state index is 10.8. The molecule has 0 amide bonds. The Morgan fingerprint density at radius 3 is 3.05 bits per heavy atom. The molecule has 1 aromatic heterocycles. The second-order valence-electron chi connectivity index (χ2n) is 4.98. The third-order valence-corrected chi connectivity index (χ3v) is 4.23. The zero-order chi connectivity index (χ0) is 15.9. The van der Waals surface area contributed by atoms with E-state index in [1.807, 2.05) is 18.4 Å². The van der Waals surface area contributed by atoms with E-state index in [0.29, 0.717) is 6.54 Å². The van der Waals surface area contributed by atoms with Crippen molar-refractivity contribution in [3.05, 3.63) is 45.5 Å². The van der Waals surface area contributed by atoms with Crippen LogP contribution in [0.2, 0.25) is 0 Å². The number of nitrogens with one attached hydrogen (secondary N) is 1. The molecule has 22 heavy (non-hydrogen) atoms. The summed E-state index contributed by atoms with van der Waals surface area (Å²) in [5, 5.41) is 26.2. The molecule has 0 bridgehead atoms. The van der Waals surface area contributed by atoms with Crippen molar-refractivity contribution in [3.63, 3.8) is 0 Å². The van der Waals surface area contributed by atoms with Crippen LogP contribution in [0.15, 0.2) is 29.6 Å². The van der Waals surface area contributed by atoms with Gasteiger partial charge < -0.3 is 10.4 Å². The lowest BCUT2D eigenvalue weighted by molar-refractivity contribution is -0.384. The average Bonchev–Trinajstić information content (AvgIpc) is 3.00. The summed E-state index contributed by atoms with van der Waals surface area (Å²) in [6.07, 6.45) is 1.22. The molecule has 0 saturated carbocycles. The van der Waals surface area contributed by atoms with Gasteiger partial charge in [0.25, 0.3) is 5.69 Å². The van der Waals surface area contributed by atoms with E-state index in [0.717, 1.165) is 35.7 Å². The Bertz CT molecular complexity index is 630. The van der Waals surface area contributed by atoms with Gasteiger partial charge in [-0.1, -0.05) is 19.1 Å². The Hall–Kier alpha value is -1.83. The van der Waals surface area contributed by atoms with E-state index in [4.69, 9.17) is 0 Å². The molecule has 0 radical (unpaired) electrons. The van der Waals surface area contributed by atoms with Crippen LogP contribution in [0.3, 0.4) is 0 Å². The monoisotopic (exact) mass is 321 g/mol. The lowest BCUT2D eigenvalue weighted by Crippen LogP contribution is -2.19. The number of hydrogen-bond acceptors (Lipinski definition) is 6. The molecule has 0 aliphatic rings. The zero-order valence-electron chi connectivity index (χ0n) is 12.4. The molecule has 6 nitrogen and oxygen atoms in total. The molecule has 2 aromatic rings. The lowest BCUT2D eigenvalue weighted by Gasteiger charge is -2.07. The number of thiazole rings is 1. The predicted octanol–water partition coefficient (Wildman–Crippen LogP) is 2.97. The number of aliphatic hydroxyl groups excluding tert-OH is 1. The van der Waals surface area contributed by atoms with Gasteiger partial charge in [-0.15, -0.1) is 11.3 Å². The SMILES string of the molecule is CCC(O)CCNCc1csc(-c2cccc([N+](=O)[O-])c2)n1. The van der Waals surface area contributed by atoms with Crippen LogP contribution >= 0.6 is 11.3 Å². The minimum atomic E-state index is -0.404. The van der Waals surface area contributed by atoms with Crippen LogP contribution in [0.1, 0.15) is 25.5 Å². The molecule has 1 aromatic carbocycles. The molecular formula is C15H19N3O3S. The van der Waals surface area contributed by atoms with Gasteiger partial charge in [-0.25, -0.2) is 4.98 Å². The summed E-state index contributed by atoms with van der Waals surface area (Å²) in [5.74, 6) is 0. The van der Waals surface area contributed by atoms with Crippen LogP contribution in [0.5, 0.6) is 0 Å². The number of non-ortho nitro benzene ring substituents is 1. The first-order valence-electron chi connectivity index (χ1n) is 7.18. The Morgan fingerprint density at radius 1 is 1.50 bits per heavy atom. The van der Waals surface area contributed by atoms with Gasteiger partial charge in [-0.3, -0.25) is 10.1 Å². The minimum Gasteiger partial charge on any atom is -0.393 e. The smallest absolute Gasteiger partial charge is 0.270 e. The molecule has 1 atom stereocenters. The highest BCUT2D eigenvalue weighted by atomic mass is 32.1. The van der Waals surface area contributed by atoms with E-state index in [1.165, 1.54) is 23.5 Å². The first kappa shape index (κ1) is 16.5. The fraction of sp³-hybridized carbons (Fsp3) is 0.400. The highest BCUT2D eigenvalue weighted by Crippen LogP contribution is 2.26. The molecule has 0 aliphatic carbocycles. The van der Waals surface area contributed by atoms with E-state index in [1.54, 1.807) is 6.07 Å². The van der Waals surface area contributed by atoms with E-state index >= 15 is 0 Å². The number of benzene rings is 1. The summed E-state index contributed by atoms with van der Waals surface area (Å²) in [5.41, 5.74) is 1.73. The molecule has 2 N–H and O–H groups in total. The predicted molar refractivity (Wildman–Crippen MR) is 86.8 cm³/mol. The lowest BCUT2D eigenvalue weighted by atomic mass is 10.2. The minimum absolute atomic E-state index is 0.0703. The Labute approximate surface area is 133 Å². The topological polar surface area (TPSA) is 88.3 Å². The highest BCUT2D eigenvalue weighted by molar-refractivity contribution is 7.13. The van der Waals surface area contributed by atoms with Gasteiger partial charge in [0, 0.05) is 29.6 Å². The highest BCUT2D eigenvalue weighted by Gasteiger charge is 2.10. The van der Waals surface area contributed by atoms with Crippen molar-refractivity contribution < 1.29 is 10.0 Å². The van der Waals surface area contributed by atoms with Crippen LogP contribution in [0.4, 0.5) is 5.69 Å². The van der Waals surface area contributed by atoms with E-state index in [2.05, 4.69) is 10.3 Å². The summed E-state index contributed by atoms with van der Waals surface area (Å²) in [7, 11) is 0. The van der Waals surface area contributed by atoms with E-state index in [9.17, 15) is 15.2 Å². The van der Waals surface area contributed by atoms with Crippen molar-refractivity contribution >= 4 is 17.0 Å². The largest absolute Gasteiger partial charge is 0.393 e. The second-order valence-corrected chi connectivity index (χ2v) is 5.84. The fourth-order valence-electron chi connectivity index (χ4n) is 1.96. The maximum Gasteiger partial charge on any atom is 0.270 e. The molecule has 118 valence electrons. The van der Waals surface area contributed by atoms with Crippen LogP contribution < -0.4 is 5.32 Å².